The molecule has 10 atom stereocenters. The van der Waals surface area contributed by atoms with Crippen molar-refractivity contribution >= 4 is 0 Å². The van der Waals surface area contributed by atoms with Gasteiger partial charge in [-0.2, -0.15) is 0 Å². The summed E-state index contributed by atoms with van der Waals surface area (Å²) in [6, 6.07) is 0. The summed E-state index contributed by atoms with van der Waals surface area (Å²) < 4.78 is 6.09. The van der Waals surface area contributed by atoms with Crippen molar-refractivity contribution in [2.75, 3.05) is 7.11 Å². The van der Waals surface area contributed by atoms with Crippen LogP contribution in [0.1, 0.15) is 106 Å². The number of rotatable bonds is 1. The summed E-state index contributed by atoms with van der Waals surface area (Å²) in [5, 5.41) is 22.7. The lowest BCUT2D eigenvalue weighted by Crippen LogP contribution is -2.68. The first kappa shape index (κ1) is 24.3. The van der Waals surface area contributed by atoms with Gasteiger partial charge in [-0.1, -0.05) is 53.2 Å². The third kappa shape index (κ3) is 2.91. The van der Waals surface area contributed by atoms with Gasteiger partial charge < -0.3 is 14.9 Å². The second-order valence-electron chi connectivity index (χ2n) is 14.9. The Balaban J connectivity index is 1.60. The minimum atomic E-state index is -0.461. The Kier molecular flexibility index (Phi) is 5.23. The Hall–Kier alpha value is -0.380. The summed E-state index contributed by atoms with van der Waals surface area (Å²) in [5.74, 6) is 1.44. The number of aliphatic hydroxyl groups is 2. The highest BCUT2D eigenvalue weighted by Gasteiger charge is 2.69. The van der Waals surface area contributed by atoms with Crippen molar-refractivity contribution in [3.05, 3.63) is 11.6 Å². The van der Waals surface area contributed by atoms with Crippen LogP contribution in [-0.2, 0) is 4.74 Å². The van der Waals surface area contributed by atoms with E-state index in [4.69, 9.17) is 4.74 Å². The minimum Gasteiger partial charge on any atom is -0.393 e. The van der Waals surface area contributed by atoms with Crippen molar-refractivity contribution < 1.29 is 14.9 Å². The summed E-state index contributed by atoms with van der Waals surface area (Å²) in [6.45, 7) is 17.0. The van der Waals surface area contributed by atoms with E-state index in [0.717, 1.165) is 44.9 Å². The molecule has 5 unspecified atom stereocenters. The average Bonchev–Trinajstić information content (AvgIpc) is 2.73. The molecule has 33 heavy (non-hydrogen) atoms. The van der Waals surface area contributed by atoms with E-state index in [2.05, 4.69) is 54.5 Å². The standard InChI is InChI=1S/C30H50O3/c1-25(2)15-16-26(3)20(17-25)19-9-10-21-27(4)13-12-23(31)30(7,33-8)22(27)11-14-28(21,5)29(19,6)18-24(26)32/h9,20-24,31-32H,10-18H2,1-8H3/t20?,21?,22-,23+,24?,26+,27?,28?,29-,30-/m1/s1. The molecule has 5 rings (SSSR count). The largest absolute Gasteiger partial charge is 0.393 e. The van der Waals surface area contributed by atoms with Gasteiger partial charge in [0.1, 0.15) is 0 Å². The number of hydrogen-bond donors (Lipinski definition) is 2. The molecule has 188 valence electrons. The van der Waals surface area contributed by atoms with E-state index in [9.17, 15) is 10.2 Å². The summed E-state index contributed by atoms with van der Waals surface area (Å²) in [5.41, 5.74) is 1.97. The van der Waals surface area contributed by atoms with E-state index in [1.807, 2.05) is 0 Å². The van der Waals surface area contributed by atoms with E-state index >= 15 is 0 Å². The number of allylic oxidation sites excluding steroid dienone is 2. The molecular formula is C30H50O3. The van der Waals surface area contributed by atoms with Crippen molar-refractivity contribution in [1.29, 1.82) is 0 Å². The molecule has 0 aromatic carbocycles. The smallest absolute Gasteiger partial charge is 0.0941 e. The van der Waals surface area contributed by atoms with Crippen LogP contribution in [-0.4, -0.2) is 35.1 Å². The van der Waals surface area contributed by atoms with Gasteiger partial charge in [0.15, 0.2) is 0 Å². The van der Waals surface area contributed by atoms with Crippen LogP contribution in [0.25, 0.3) is 0 Å². The van der Waals surface area contributed by atoms with E-state index in [-0.39, 0.29) is 33.9 Å². The van der Waals surface area contributed by atoms with Crippen LogP contribution in [0.3, 0.4) is 0 Å². The molecule has 0 aromatic heterocycles. The maximum Gasteiger partial charge on any atom is 0.0941 e. The molecule has 0 heterocycles. The van der Waals surface area contributed by atoms with Crippen LogP contribution < -0.4 is 0 Å². The maximum absolute atomic E-state index is 11.7. The first-order chi connectivity index (χ1) is 15.2. The highest BCUT2D eigenvalue weighted by Crippen LogP contribution is 2.75. The Labute approximate surface area is 202 Å². The maximum atomic E-state index is 11.7. The van der Waals surface area contributed by atoms with Gasteiger partial charge in [-0.3, -0.25) is 0 Å². The molecule has 0 aromatic rings. The van der Waals surface area contributed by atoms with Gasteiger partial charge in [0, 0.05) is 12.5 Å². The van der Waals surface area contributed by atoms with Gasteiger partial charge in [0.2, 0.25) is 0 Å². The third-order valence-corrected chi connectivity index (χ3v) is 13.2. The fourth-order valence-corrected chi connectivity index (χ4v) is 10.5. The predicted molar refractivity (Wildman–Crippen MR) is 134 cm³/mol. The van der Waals surface area contributed by atoms with E-state index in [0.29, 0.717) is 23.2 Å². The molecule has 5 aliphatic carbocycles. The summed E-state index contributed by atoms with van der Waals surface area (Å²) in [6.07, 6.45) is 11.9. The molecule has 2 N–H and O–H groups in total. The number of methoxy groups -OCH3 is 1. The van der Waals surface area contributed by atoms with Crippen LogP contribution in [0.5, 0.6) is 0 Å². The van der Waals surface area contributed by atoms with Crippen molar-refractivity contribution in [2.24, 2.45) is 44.8 Å². The Morgan fingerprint density at radius 2 is 1.48 bits per heavy atom. The molecule has 0 aliphatic heterocycles. The molecule has 5 aliphatic rings. The highest BCUT2D eigenvalue weighted by molar-refractivity contribution is 5.34. The monoisotopic (exact) mass is 458 g/mol. The normalized spacial score (nSPS) is 57.8. The van der Waals surface area contributed by atoms with Crippen molar-refractivity contribution in [1.82, 2.24) is 0 Å². The topological polar surface area (TPSA) is 49.7 Å². The second-order valence-corrected chi connectivity index (χ2v) is 14.9. The fourth-order valence-electron chi connectivity index (χ4n) is 10.5. The zero-order chi connectivity index (χ0) is 24.2. The lowest BCUT2D eigenvalue weighted by atomic mass is 9.34. The van der Waals surface area contributed by atoms with E-state index in [1.54, 1.807) is 12.7 Å². The Bertz CT molecular complexity index is 847. The average molecular weight is 459 g/mol. The number of hydrogen-bond acceptors (Lipinski definition) is 3. The van der Waals surface area contributed by atoms with Gasteiger partial charge in [-0.15, -0.1) is 0 Å². The summed E-state index contributed by atoms with van der Waals surface area (Å²) in [4.78, 5) is 0. The molecule has 0 bridgehead atoms. The molecular weight excluding hydrogens is 408 g/mol. The Morgan fingerprint density at radius 3 is 2.15 bits per heavy atom. The van der Waals surface area contributed by atoms with Crippen molar-refractivity contribution in [3.63, 3.8) is 0 Å². The lowest BCUT2D eigenvalue weighted by Gasteiger charge is -2.71. The number of ether oxygens (including phenoxy) is 1. The van der Waals surface area contributed by atoms with Crippen molar-refractivity contribution in [3.8, 4) is 0 Å². The fraction of sp³-hybridized carbons (Fsp3) is 0.933. The van der Waals surface area contributed by atoms with Crippen LogP contribution in [0.15, 0.2) is 11.6 Å². The molecule has 0 amide bonds. The zero-order valence-electron chi connectivity index (χ0n) is 22.6. The minimum absolute atomic E-state index is 0.0226. The van der Waals surface area contributed by atoms with Crippen LogP contribution in [0.4, 0.5) is 0 Å². The first-order valence-electron chi connectivity index (χ1n) is 13.8. The van der Waals surface area contributed by atoms with Gasteiger partial charge in [0.25, 0.3) is 0 Å². The Morgan fingerprint density at radius 1 is 0.788 bits per heavy atom. The van der Waals surface area contributed by atoms with Gasteiger partial charge >= 0.3 is 0 Å². The SMILES string of the molecule is CO[C@]1(C)[C@@H]2CCC3(C)C(CC=C4C5CC(C)(C)CC[C@]5(C)C(O)C[C@]43C)C2(C)CC[C@@H]1O. The number of aliphatic hydroxyl groups excluding tert-OH is 2. The quantitative estimate of drug-likeness (QED) is 0.440. The lowest BCUT2D eigenvalue weighted by molar-refractivity contribution is -0.246. The summed E-state index contributed by atoms with van der Waals surface area (Å²) >= 11 is 0. The zero-order valence-corrected chi connectivity index (χ0v) is 22.6. The van der Waals surface area contributed by atoms with Crippen LogP contribution in [0, 0.1) is 44.8 Å². The molecule has 3 heteroatoms. The van der Waals surface area contributed by atoms with E-state index < -0.39 is 5.60 Å². The van der Waals surface area contributed by atoms with Gasteiger partial charge in [0.05, 0.1) is 17.8 Å². The van der Waals surface area contributed by atoms with Gasteiger partial charge in [-0.25, -0.2) is 0 Å². The first-order valence-corrected chi connectivity index (χ1v) is 13.8. The van der Waals surface area contributed by atoms with Gasteiger partial charge in [-0.05, 0) is 104 Å². The second kappa shape index (κ2) is 7.10. The van der Waals surface area contributed by atoms with Crippen LogP contribution >= 0.6 is 0 Å². The van der Waals surface area contributed by atoms with Crippen LogP contribution in [0.2, 0.25) is 0 Å². The number of fused-ring (bicyclic) bond motifs is 7. The molecule has 0 spiro atoms. The highest BCUT2D eigenvalue weighted by atomic mass is 16.5. The molecule has 4 saturated carbocycles. The van der Waals surface area contributed by atoms with E-state index in [1.165, 1.54) is 12.8 Å². The summed E-state index contributed by atoms with van der Waals surface area (Å²) in [7, 11) is 1.80. The van der Waals surface area contributed by atoms with Crippen molar-refractivity contribution in [2.45, 2.75) is 124 Å². The molecule has 0 saturated heterocycles. The molecule has 3 nitrogen and oxygen atoms in total. The molecule has 0 radical (unpaired) electrons. The molecule has 4 fully saturated rings. The third-order valence-electron chi connectivity index (χ3n) is 13.2. The predicted octanol–water partition coefficient (Wildman–Crippen LogP) is 6.52.